The fourth-order valence-corrected chi connectivity index (χ4v) is 6.38. The van der Waals surface area contributed by atoms with Crippen LogP contribution in [0.15, 0.2) is 89.2 Å². The first kappa shape index (κ1) is 18.7. The van der Waals surface area contributed by atoms with Gasteiger partial charge in [-0.15, -0.1) is 0 Å². The second-order valence-electron chi connectivity index (χ2n) is 6.12. The van der Waals surface area contributed by atoms with Gasteiger partial charge in [-0.3, -0.25) is 0 Å². The molecule has 0 aliphatic rings. The minimum absolute atomic E-state index is 0.104. The van der Waals surface area contributed by atoms with Gasteiger partial charge in [-0.2, -0.15) is 0 Å². The van der Waals surface area contributed by atoms with E-state index in [0.717, 1.165) is 25.6 Å². The molecule has 0 fully saturated rings. The molecule has 3 aromatic rings. The third-order valence-electron chi connectivity index (χ3n) is 3.89. The standard InChI is InChI=1S/C22H20O2SSe/c1-17-11-13-20(14-12-17)25(23,24)16-22(19-8-6-7-18(2)15-19)26-21-9-4-3-5-10-21/h3-16H,1-2H3/b22-16+. The van der Waals surface area contributed by atoms with Gasteiger partial charge in [0.05, 0.1) is 0 Å². The van der Waals surface area contributed by atoms with Crippen LogP contribution in [0.2, 0.25) is 0 Å². The number of rotatable bonds is 5. The quantitative estimate of drug-likeness (QED) is 0.575. The molecule has 3 rings (SSSR count). The molecule has 0 saturated carbocycles. The van der Waals surface area contributed by atoms with Crippen molar-refractivity contribution in [2.24, 2.45) is 0 Å². The van der Waals surface area contributed by atoms with Crippen LogP contribution >= 0.6 is 0 Å². The number of hydrogen-bond donors (Lipinski definition) is 0. The molecule has 0 radical (unpaired) electrons. The topological polar surface area (TPSA) is 34.1 Å². The average molecular weight is 427 g/mol. The van der Waals surface area contributed by atoms with Crippen molar-refractivity contribution in [1.82, 2.24) is 0 Å². The molecular weight excluding hydrogens is 407 g/mol. The first-order valence-electron chi connectivity index (χ1n) is 8.27. The van der Waals surface area contributed by atoms with Crippen LogP contribution in [0.5, 0.6) is 0 Å². The third kappa shape index (κ3) is 4.73. The average Bonchev–Trinajstić information content (AvgIpc) is 2.62. The van der Waals surface area contributed by atoms with Crippen LogP contribution in [0.3, 0.4) is 0 Å². The van der Waals surface area contributed by atoms with Crippen LogP contribution in [0.4, 0.5) is 0 Å². The molecule has 2 nitrogen and oxygen atoms in total. The van der Waals surface area contributed by atoms with E-state index in [0.29, 0.717) is 4.90 Å². The van der Waals surface area contributed by atoms with E-state index in [4.69, 9.17) is 0 Å². The van der Waals surface area contributed by atoms with Gasteiger partial charge >= 0.3 is 162 Å². The van der Waals surface area contributed by atoms with Gasteiger partial charge in [0.25, 0.3) is 0 Å². The van der Waals surface area contributed by atoms with E-state index in [2.05, 4.69) is 0 Å². The summed E-state index contributed by atoms with van der Waals surface area (Å²) in [6, 6.07) is 25.0. The van der Waals surface area contributed by atoms with Gasteiger partial charge in [-0.25, -0.2) is 0 Å². The van der Waals surface area contributed by atoms with Gasteiger partial charge in [-0.05, 0) is 0 Å². The van der Waals surface area contributed by atoms with Gasteiger partial charge in [0.15, 0.2) is 0 Å². The Morgan fingerprint density at radius 3 is 2.15 bits per heavy atom. The Morgan fingerprint density at radius 1 is 0.808 bits per heavy atom. The maximum absolute atomic E-state index is 12.9. The van der Waals surface area contributed by atoms with Crippen LogP contribution in [0.25, 0.3) is 4.47 Å². The van der Waals surface area contributed by atoms with Crippen LogP contribution in [-0.4, -0.2) is 23.4 Å². The zero-order chi connectivity index (χ0) is 18.6. The second kappa shape index (κ2) is 8.05. The molecule has 0 heterocycles. The second-order valence-corrected chi connectivity index (χ2v) is 10.3. The number of benzene rings is 3. The maximum atomic E-state index is 12.9. The van der Waals surface area contributed by atoms with Crippen LogP contribution in [0.1, 0.15) is 16.7 Å². The van der Waals surface area contributed by atoms with Gasteiger partial charge < -0.3 is 0 Å². The van der Waals surface area contributed by atoms with E-state index in [1.165, 1.54) is 5.41 Å². The first-order valence-corrected chi connectivity index (χ1v) is 11.5. The summed E-state index contributed by atoms with van der Waals surface area (Å²) in [5.41, 5.74) is 3.12. The van der Waals surface area contributed by atoms with Crippen LogP contribution < -0.4 is 4.46 Å². The summed E-state index contributed by atoms with van der Waals surface area (Å²) in [4.78, 5) is 0.331. The van der Waals surface area contributed by atoms with E-state index in [-0.39, 0.29) is 15.0 Å². The van der Waals surface area contributed by atoms with Crippen molar-refractivity contribution in [2.75, 3.05) is 0 Å². The van der Waals surface area contributed by atoms with Crippen molar-refractivity contribution in [3.8, 4) is 0 Å². The Hall–Kier alpha value is -2.13. The normalized spacial score (nSPS) is 12.2. The molecule has 0 atom stereocenters. The third-order valence-corrected chi connectivity index (χ3v) is 7.97. The molecule has 3 aromatic carbocycles. The molecule has 0 amide bonds. The predicted molar refractivity (Wildman–Crippen MR) is 109 cm³/mol. The zero-order valence-corrected chi connectivity index (χ0v) is 17.2. The molecule has 0 bridgehead atoms. The molecule has 0 aromatic heterocycles. The summed E-state index contributed by atoms with van der Waals surface area (Å²) < 4.78 is 27.9. The molecule has 0 aliphatic carbocycles. The van der Waals surface area contributed by atoms with Crippen molar-refractivity contribution in [3.05, 3.63) is 101 Å². The molecule has 4 heteroatoms. The number of aryl methyl sites for hydroxylation is 2. The number of hydrogen-bond acceptors (Lipinski definition) is 2. The molecule has 0 aliphatic heterocycles. The van der Waals surface area contributed by atoms with Crippen molar-refractivity contribution >= 4 is 33.7 Å². The van der Waals surface area contributed by atoms with Gasteiger partial charge in [-0.1, -0.05) is 0 Å². The molecule has 0 saturated heterocycles. The Morgan fingerprint density at radius 2 is 1.50 bits per heavy atom. The molecular formula is C22H20O2SSe. The van der Waals surface area contributed by atoms with E-state index in [9.17, 15) is 8.42 Å². The van der Waals surface area contributed by atoms with E-state index in [1.54, 1.807) is 12.1 Å². The fourth-order valence-electron chi connectivity index (χ4n) is 2.50. The Labute approximate surface area is 161 Å². The van der Waals surface area contributed by atoms with Crippen molar-refractivity contribution in [2.45, 2.75) is 18.7 Å². The Bertz CT molecular complexity index is 1020. The summed E-state index contributed by atoms with van der Waals surface area (Å²) >= 11 is -0.104. The molecule has 0 N–H and O–H groups in total. The van der Waals surface area contributed by atoms with E-state index in [1.807, 2.05) is 80.6 Å². The molecule has 0 spiro atoms. The molecule has 26 heavy (non-hydrogen) atoms. The Kier molecular flexibility index (Phi) is 5.77. The van der Waals surface area contributed by atoms with Gasteiger partial charge in [0.2, 0.25) is 0 Å². The van der Waals surface area contributed by atoms with Crippen LogP contribution in [0, 0.1) is 13.8 Å². The Balaban J connectivity index is 2.07. The van der Waals surface area contributed by atoms with E-state index < -0.39 is 9.84 Å². The van der Waals surface area contributed by atoms with Crippen LogP contribution in [-0.2, 0) is 9.84 Å². The summed E-state index contributed by atoms with van der Waals surface area (Å²) in [6.45, 7) is 3.97. The summed E-state index contributed by atoms with van der Waals surface area (Å²) in [6.07, 6.45) is 0. The monoisotopic (exact) mass is 428 g/mol. The predicted octanol–water partition coefficient (Wildman–Crippen LogP) is 4.11. The van der Waals surface area contributed by atoms with Gasteiger partial charge in [0.1, 0.15) is 0 Å². The first-order chi connectivity index (χ1) is 12.4. The number of sulfone groups is 1. The fraction of sp³-hybridized carbons (Fsp3) is 0.0909. The van der Waals surface area contributed by atoms with E-state index >= 15 is 0 Å². The van der Waals surface area contributed by atoms with Gasteiger partial charge in [0, 0.05) is 0 Å². The zero-order valence-electron chi connectivity index (χ0n) is 14.7. The molecule has 0 unspecified atom stereocenters. The minimum atomic E-state index is -3.50. The summed E-state index contributed by atoms with van der Waals surface area (Å²) in [5.74, 6) is 0. The summed E-state index contributed by atoms with van der Waals surface area (Å²) in [5, 5.41) is 1.44. The van der Waals surface area contributed by atoms with Crippen molar-refractivity contribution in [3.63, 3.8) is 0 Å². The molecule has 132 valence electrons. The summed E-state index contributed by atoms with van der Waals surface area (Å²) in [7, 11) is -3.50. The van der Waals surface area contributed by atoms with Crippen molar-refractivity contribution < 1.29 is 8.42 Å². The van der Waals surface area contributed by atoms with Crippen molar-refractivity contribution in [1.29, 1.82) is 0 Å². The SMILES string of the molecule is Cc1ccc(S(=O)(=O)/C=C(/[Se]c2ccccc2)c2cccc(C)c2)cc1.